The van der Waals surface area contributed by atoms with Crippen LogP contribution in [-0.4, -0.2) is 76.0 Å². The summed E-state index contributed by atoms with van der Waals surface area (Å²) in [6.45, 7) is 0. The average Bonchev–Trinajstić information content (AvgIpc) is 4.30. The number of fused-ring (bicyclic) bond motifs is 4. The second-order valence-electron chi connectivity index (χ2n) is 20.4. The third kappa shape index (κ3) is 14.7. The van der Waals surface area contributed by atoms with Crippen molar-refractivity contribution >= 4 is 94.8 Å². The van der Waals surface area contributed by atoms with E-state index in [9.17, 15) is 24.0 Å². The van der Waals surface area contributed by atoms with Gasteiger partial charge in [-0.25, -0.2) is 19.2 Å². The van der Waals surface area contributed by atoms with Crippen LogP contribution in [0.5, 0.6) is 0 Å². The zero-order valence-corrected chi connectivity index (χ0v) is 46.1. The summed E-state index contributed by atoms with van der Waals surface area (Å²) >= 11 is 3.65. The molecule has 0 bridgehead atoms. The number of allylic oxidation sites excluding steroid dienone is 2. The number of ether oxygens (including phenoxy) is 3. The molecular formula is C64H75BrN4O9. The Hall–Kier alpha value is -7.19. The Morgan fingerprint density at radius 3 is 1.62 bits per heavy atom. The lowest BCUT2D eigenvalue weighted by Gasteiger charge is -2.21. The second kappa shape index (κ2) is 28.4. The molecule has 13 nitrogen and oxygen atoms in total. The summed E-state index contributed by atoms with van der Waals surface area (Å²) in [6.07, 6.45) is 31.5. The molecule has 3 fully saturated rings. The Morgan fingerprint density at radius 1 is 0.538 bits per heavy atom. The Morgan fingerprint density at radius 2 is 1.05 bits per heavy atom. The Labute approximate surface area is 465 Å². The van der Waals surface area contributed by atoms with Gasteiger partial charge in [0, 0.05) is 75.2 Å². The first-order valence-corrected chi connectivity index (χ1v) is 28.0. The van der Waals surface area contributed by atoms with Crippen LogP contribution in [0.3, 0.4) is 0 Å². The third-order valence-electron chi connectivity index (χ3n) is 15.4. The van der Waals surface area contributed by atoms with E-state index in [-0.39, 0.29) is 25.3 Å². The van der Waals surface area contributed by atoms with Crippen LogP contribution in [0.4, 0.5) is 0 Å². The van der Waals surface area contributed by atoms with E-state index in [1.54, 1.807) is 24.4 Å². The van der Waals surface area contributed by atoms with E-state index in [0.717, 1.165) is 64.2 Å². The second-order valence-corrected chi connectivity index (χ2v) is 21.2. The predicted octanol–water partition coefficient (Wildman–Crippen LogP) is 16.7. The number of nitrogens with one attached hydrogen (secondary N) is 4. The number of carboxylic acid groups (broad SMARTS) is 1. The number of rotatable bonds is 7. The van der Waals surface area contributed by atoms with Crippen molar-refractivity contribution in [1.29, 1.82) is 0 Å². The smallest absolute Gasteiger partial charge is 0.337 e. The lowest BCUT2D eigenvalue weighted by atomic mass is 9.84. The molecule has 0 spiro atoms. The number of benzene rings is 4. The number of aromatic amines is 4. The fraction of sp³-hybridized carbons (Fsp3) is 0.391. The summed E-state index contributed by atoms with van der Waals surface area (Å²) in [5, 5.41) is 13.3. The van der Waals surface area contributed by atoms with Crippen molar-refractivity contribution < 1.29 is 43.3 Å². The monoisotopic (exact) mass is 1120 g/mol. The number of aromatic carboxylic acids is 1. The van der Waals surface area contributed by atoms with Gasteiger partial charge in [0.1, 0.15) is 5.78 Å². The molecule has 4 aromatic carbocycles. The maximum atomic E-state index is 11.6. The quantitative estimate of drug-likeness (QED) is 0.0762. The number of halogens is 1. The fourth-order valence-corrected chi connectivity index (χ4v) is 12.0. The highest BCUT2D eigenvalue weighted by molar-refractivity contribution is 9.10. The molecule has 4 aliphatic carbocycles. The number of hydrogen-bond donors (Lipinski definition) is 5. The van der Waals surface area contributed by atoms with Crippen LogP contribution >= 0.6 is 15.9 Å². The van der Waals surface area contributed by atoms with Crippen LogP contribution in [0.2, 0.25) is 0 Å². The van der Waals surface area contributed by atoms with Gasteiger partial charge in [-0.2, -0.15) is 0 Å². The minimum atomic E-state index is -0.897. The number of carbonyl (C=O) groups excluding carboxylic acids is 4. The lowest BCUT2D eigenvalue weighted by Crippen LogP contribution is -2.04. The molecule has 4 aliphatic rings. The summed E-state index contributed by atoms with van der Waals surface area (Å²) in [7, 11) is 4.22. The van der Waals surface area contributed by atoms with Gasteiger partial charge in [-0.3, -0.25) is 4.79 Å². The molecule has 14 heteroatoms. The van der Waals surface area contributed by atoms with Crippen LogP contribution in [0.1, 0.15) is 199 Å². The van der Waals surface area contributed by atoms with Gasteiger partial charge in [0.15, 0.2) is 0 Å². The summed E-state index contributed by atoms with van der Waals surface area (Å²) in [5.41, 5.74) is 11.4. The number of H-pyrrole nitrogens is 4. The van der Waals surface area contributed by atoms with Crippen molar-refractivity contribution in [3.63, 3.8) is 0 Å². The summed E-state index contributed by atoms with van der Waals surface area (Å²) in [4.78, 5) is 68.5. The molecule has 12 rings (SSSR count). The Kier molecular flexibility index (Phi) is 21.3. The van der Waals surface area contributed by atoms with Crippen molar-refractivity contribution in [2.45, 2.75) is 141 Å². The molecule has 3 saturated carbocycles. The highest BCUT2D eigenvalue weighted by atomic mass is 79.9. The van der Waals surface area contributed by atoms with Crippen LogP contribution in [0.15, 0.2) is 108 Å². The largest absolute Gasteiger partial charge is 0.478 e. The molecular weight excluding hydrogens is 1050 g/mol. The van der Waals surface area contributed by atoms with Gasteiger partial charge in [0.05, 0.1) is 48.2 Å². The number of esters is 3. The fourth-order valence-electron chi connectivity index (χ4n) is 11.2. The molecule has 4 aromatic heterocycles. The van der Waals surface area contributed by atoms with Gasteiger partial charge < -0.3 is 39.3 Å². The minimum Gasteiger partial charge on any atom is -0.478 e. The van der Waals surface area contributed by atoms with Crippen molar-refractivity contribution in [2.75, 3.05) is 21.3 Å². The van der Waals surface area contributed by atoms with Crippen LogP contribution in [-0.2, 0) is 19.0 Å². The molecule has 4 heterocycles. The maximum Gasteiger partial charge on any atom is 0.337 e. The Bertz CT molecular complexity index is 3350. The van der Waals surface area contributed by atoms with Crippen LogP contribution in [0, 0.1) is 0 Å². The SMILES string of the molecule is C.COC(=O)c1ccc2c(C3=CCCCC3)c[nH]c2c1.COC(=O)c1ccc2c(C3CCCCC3)c(Br)[nH]c2c1.COC(=O)c1ccc2c(C3CCCCC3)c[nH]c2c1.O=C(O)c1ccc2cc[nH]c2c1.O=C1CCCCC1. The summed E-state index contributed by atoms with van der Waals surface area (Å²) in [5.74, 6) is -0.0115. The molecule has 0 atom stereocenters. The van der Waals surface area contributed by atoms with Gasteiger partial charge in [0.2, 0.25) is 0 Å². The molecule has 5 N–H and O–H groups in total. The molecule has 78 heavy (non-hydrogen) atoms. The van der Waals surface area contributed by atoms with Crippen molar-refractivity contribution in [3.8, 4) is 0 Å². The molecule has 412 valence electrons. The number of hydrogen-bond acceptors (Lipinski definition) is 8. The summed E-state index contributed by atoms with van der Waals surface area (Å²) in [6, 6.07) is 24.1. The first-order chi connectivity index (χ1) is 37.5. The van der Waals surface area contributed by atoms with Crippen molar-refractivity contribution in [3.05, 3.63) is 147 Å². The van der Waals surface area contributed by atoms with E-state index in [1.807, 2.05) is 66.9 Å². The first-order valence-electron chi connectivity index (χ1n) is 27.3. The molecule has 0 amide bonds. The van der Waals surface area contributed by atoms with Crippen molar-refractivity contribution in [1.82, 2.24) is 19.9 Å². The number of ketones is 1. The van der Waals surface area contributed by atoms with E-state index >= 15 is 0 Å². The van der Waals surface area contributed by atoms with Crippen LogP contribution in [0.25, 0.3) is 49.2 Å². The maximum absolute atomic E-state index is 11.6. The number of aromatic nitrogens is 4. The zero-order valence-electron chi connectivity index (χ0n) is 44.5. The van der Waals surface area contributed by atoms with Gasteiger partial charge in [-0.05, 0) is 169 Å². The highest BCUT2D eigenvalue weighted by Gasteiger charge is 2.23. The number of Topliss-reactive ketones (excluding diaryl/α,β-unsaturated/α-hetero) is 1. The van der Waals surface area contributed by atoms with Gasteiger partial charge >= 0.3 is 23.9 Å². The van der Waals surface area contributed by atoms with E-state index in [2.05, 4.69) is 48.1 Å². The minimum absolute atomic E-state index is 0. The molecule has 0 saturated heterocycles. The normalized spacial score (nSPS) is 15.6. The lowest BCUT2D eigenvalue weighted by molar-refractivity contribution is -0.120. The van der Waals surface area contributed by atoms with Crippen LogP contribution < -0.4 is 0 Å². The molecule has 0 radical (unpaired) electrons. The first kappa shape index (κ1) is 58.5. The molecule has 8 aromatic rings. The van der Waals surface area contributed by atoms with Gasteiger partial charge in [-0.1, -0.05) is 82.7 Å². The van der Waals surface area contributed by atoms with E-state index < -0.39 is 5.97 Å². The average molecular weight is 1120 g/mol. The number of methoxy groups -OCH3 is 3. The van der Waals surface area contributed by atoms with Crippen molar-refractivity contribution in [2.24, 2.45) is 0 Å². The predicted molar refractivity (Wildman–Crippen MR) is 315 cm³/mol. The van der Waals surface area contributed by atoms with Gasteiger partial charge in [0.25, 0.3) is 0 Å². The third-order valence-corrected chi connectivity index (χ3v) is 16.0. The number of carbonyl (C=O) groups is 5. The van der Waals surface area contributed by atoms with E-state index in [4.69, 9.17) is 19.3 Å². The van der Waals surface area contributed by atoms with E-state index in [0.29, 0.717) is 39.9 Å². The topological polar surface area (TPSA) is 196 Å². The standard InChI is InChI=1S/C16H18BrNO2.C16H19NO2.C16H17NO2.C9H7NO2.C6H10O.CH4/c1-20-16(19)11-7-8-12-13(9-11)18-15(17)14(12)10-5-3-2-4-6-10;2*1-19-16(18)12-7-8-13-14(10-17-15(13)9-12)11-5-3-2-4-6-11;11-9(12)7-2-1-6-3-4-10-8(6)5-7;7-6-4-2-1-3-5-6;/h7-10,18H,2-6H2,1H3;7-11,17H,2-6H2,1H3;5,7-10,17H,2-4,6H2,1H3;1-5,10H,(H,11,12);1-5H2;1H4. The molecule has 0 aliphatic heterocycles. The summed E-state index contributed by atoms with van der Waals surface area (Å²) < 4.78 is 15.3. The number of carboxylic acids is 1. The Balaban J connectivity index is 0.000000146. The molecule has 0 unspecified atom stereocenters. The van der Waals surface area contributed by atoms with E-state index in [1.165, 1.54) is 150 Å². The van der Waals surface area contributed by atoms with Gasteiger partial charge in [-0.15, -0.1) is 0 Å². The zero-order chi connectivity index (χ0) is 54.3. The highest BCUT2D eigenvalue weighted by Crippen LogP contribution is 2.41.